The van der Waals surface area contributed by atoms with Gasteiger partial charge < -0.3 is 14.4 Å². The molecule has 0 saturated heterocycles. The number of ether oxygens (including phenoxy) is 2. The van der Waals surface area contributed by atoms with Crippen molar-refractivity contribution in [1.29, 1.82) is 0 Å². The number of fused-ring (bicyclic) bond motifs is 5. The Kier molecular flexibility index (Phi) is 14.2. The topological polar surface area (TPSA) is 21.7 Å². The summed E-state index contributed by atoms with van der Waals surface area (Å²) >= 11 is 0. The summed E-state index contributed by atoms with van der Waals surface area (Å²) in [4.78, 5) is 2.21. The van der Waals surface area contributed by atoms with E-state index in [9.17, 15) is 0 Å². The van der Waals surface area contributed by atoms with Crippen LogP contribution in [0.5, 0.6) is 23.0 Å². The van der Waals surface area contributed by atoms with Gasteiger partial charge in [-0.1, -0.05) is 201 Å². The summed E-state index contributed by atoms with van der Waals surface area (Å²) in [6.07, 6.45) is 9.28. The predicted molar refractivity (Wildman–Crippen MR) is 360 cm³/mol. The normalized spacial score (nSPS) is 15.9. The van der Waals surface area contributed by atoms with Crippen LogP contribution in [-0.2, 0) is 10.8 Å². The highest BCUT2D eigenvalue weighted by molar-refractivity contribution is 5.94. The van der Waals surface area contributed by atoms with E-state index in [1.807, 2.05) is 133 Å². The Morgan fingerprint density at radius 1 is 0.363 bits per heavy atom. The zero-order valence-corrected chi connectivity index (χ0v) is 49.4. The van der Waals surface area contributed by atoms with E-state index in [1.165, 1.54) is 12.1 Å². The molecular formula is C84H57F4NO2. The fourth-order valence-electron chi connectivity index (χ4n) is 14.2. The highest BCUT2D eigenvalue weighted by atomic mass is 19.1. The molecule has 12 aromatic rings. The van der Waals surface area contributed by atoms with Gasteiger partial charge in [0, 0.05) is 40.3 Å². The van der Waals surface area contributed by atoms with Crippen LogP contribution in [0.4, 0.5) is 34.6 Å². The Morgan fingerprint density at radius 3 is 1.40 bits per heavy atom. The highest BCUT2D eigenvalue weighted by Gasteiger charge is 2.50. The molecule has 3 nitrogen and oxygen atoms in total. The van der Waals surface area contributed by atoms with E-state index >= 15 is 17.6 Å². The fraction of sp³-hybridized carbons (Fsp3) is 0.0476. The largest absolute Gasteiger partial charge is 0.457 e. The summed E-state index contributed by atoms with van der Waals surface area (Å²) in [6, 6.07) is 86.5. The first-order valence-corrected chi connectivity index (χ1v) is 30.4. The second kappa shape index (κ2) is 23.0. The molecule has 0 bridgehead atoms. The molecule has 0 N–H and O–H groups in total. The number of nitrogens with zero attached hydrogens (tertiary/aromatic N) is 1. The summed E-state index contributed by atoms with van der Waals surface area (Å²) in [6.45, 7) is 7.78. The van der Waals surface area contributed by atoms with Crippen molar-refractivity contribution in [1.82, 2.24) is 0 Å². The van der Waals surface area contributed by atoms with Crippen molar-refractivity contribution in [2.45, 2.75) is 23.7 Å². The molecule has 91 heavy (non-hydrogen) atoms. The van der Waals surface area contributed by atoms with Gasteiger partial charge >= 0.3 is 0 Å². The first-order valence-electron chi connectivity index (χ1n) is 30.4. The monoisotopic (exact) mass is 1190 g/mol. The molecule has 0 amide bonds. The summed E-state index contributed by atoms with van der Waals surface area (Å²) in [5, 5.41) is 0. The quantitative estimate of drug-likeness (QED) is 0.0955. The molecule has 2 atom stereocenters. The van der Waals surface area contributed by atoms with Gasteiger partial charge in [-0.3, -0.25) is 0 Å². The number of allylic oxidation sites excluding steroid dienone is 4. The van der Waals surface area contributed by atoms with Crippen molar-refractivity contribution in [3.05, 3.63) is 383 Å². The summed E-state index contributed by atoms with van der Waals surface area (Å²) in [5.41, 5.74) is 14.9. The van der Waals surface area contributed by atoms with E-state index in [4.69, 9.17) is 9.47 Å². The van der Waals surface area contributed by atoms with E-state index in [2.05, 4.69) is 133 Å². The van der Waals surface area contributed by atoms with Gasteiger partial charge in [0.2, 0.25) is 0 Å². The van der Waals surface area contributed by atoms with Crippen LogP contribution in [0.25, 0.3) is 51.1 Å². The average molecular weight is 1190 g/mol. The molecule has 3 aliphatic carbocycles. The van der Waals surface area contributed by atoms with E-state index in [0.717, 1.165) is 125 Å². The van der Waals surface area contributed by atoms with Crippen LogP contribution in [0.3, 0.4) is 0 Å². The zero-order valence-electron chi connectivity index (χ0n) is 49.4. The van der Waals surface area contributed by atoms with Gasteiger partial charge in [0.15, 0.2) is 0 Å². The van der Waals surface area contributed by atoms with Crippen molar-refractivity contribution in [3.8, 4) is 56.4 Å². The molecule has 15 rings (SSSR count). The van der Waals surface area contributed by atoms with E-state index < -0.39 is 34.1 Å². The van der Waals surface area contributed by atoms with Gasteiger partial charge in [-0.25, -0.2) is 17.6 Å². The Balaban J connectivity index is 0.963. The number of anilines is 3. The lowest BCUT2D eigenvalue weighted by atomic mass is 9.66. The lowest BCUT2D eigenvalue weighted by molar-refractivity contribution is 0.481. The van der Waals surface area contributed by atoms with Gasteiger partial charge in [0.25, 0.3) is 0 Å². The standard InChI is InChI=1S/C84H57F4NO2/c1-3-54-25-37-65(38-26-54)90-67-41-29-58(30-42-67)83(77-47-33-60(85)50-81(77)87)75-23-12-10-21-71(75)73-45-35-63(52-79(73)83)89(62-18-14-17-57(49-62)70-20-9-8-19-69(70)56-15-6-5-7-16-56)64-36-46-74-72-22-11-13-24-76(72)84(80(74)53-64,78-48-34-61(86)51-82(78)88)59-31-43-68(44-32-59)91-66-39-27-55(4-2)28-40-66/h3-10,12-21,23-53H,1-2,11,22H2. The first kappa shape index (κ1) is 56.2. The molecule has 7 heteroatoms. The number of halogens is 4. The predicted octanol–water partition coefficient (Wildman–Crippen LogP) is 22.7. The Bertz CT molecular complexity index is 4900. The fourth-order valence-corrected chi connectivity index (χ4v) is 14.2. The molecular weight excluding hydrogens is 1130 g/mol. The Hall–Kier alpha value is -11.3. The third kappa shape index (κ3) is 9.60. The van der Waals surface area contributed by atoms with Crippen LogP contribution in [0, 0.1) is 23.3 Å². The molecule has 0 radical (unpaired) electrons. The third-order valence-electron chi connectivity index (χ3n) is 18.2. The highest BCUT2D eigenvalue weighted by Crippen LogP contribution is 2.61. The lowest BCUT2D eigenvalue weighted by Crippen LogP contribution is -2.31. The molecule has 0 spiro atoms. The minimum Gasteiger partial charge on any atom is -0.457 e. The average Bonchev–Trinajstić information content (AvgIpc) is 1.58. The second-order valence-corrected chi connectivity index (χ2v) is 23.2. The molecule has 0 aromatic heterocycles. The third-order valence-corrected chi connectivity index (χ3v) is 18.2. The van der Waals surface area contributed by atoms with Crippen molar-refractivity contribution < 1.29 is 27.0 Å². The molecule has 2 unspecified atom stereocenters. The summed E-state index contributed by atoms with van der Waals surface area (Å²) in [7, 11) is 0. The number of benzene rings is 12. The van der Waals surface area contributed by atoms with Crippen LogP contribution >= 0.6 is 0 Å². The van der Waals surface area contributed by atoms with E-state index in [-0.39, 0.29) is 5.56 Å². The van der Waals surface area contributed by atoms with Gasteiger partial charge in [-0.15, -0.1) is 0 Å². The Labute approximate surface area is 526 Å². The number of hydrogen-bond donors (Lipinski definition) is 0. The van der Waals surface area contributed by atoms with Gasteiger partial charge in [-0.2, -0.15) is 0 Å². The maximum absolute atomic E-state index is 17.5. The Morgan fingerprint density at radius 2 is 0.824 bits per heavy atom. The van der Waals surface area contributed by atoms with Crippen LogP contribution in [0.2, 0.25) is 0 Å². The van der Waals surface area contributed by atoms with Crippen molar-refractivity contribution in [2.24, 2.45) is 0 Å². The smallest absolute Gasteiger partial charge is 0.130 e. The number of rotatable bonds is 15. The molecule has 438 valence electrons. The number of hydrogen-bond acceptors (Lipinski definition) is 3. The second-order valence-electron chi connectivity index (χ2n) is 23.2. The van der Waals surface area contributed by atoms with Gasteiger partial charge in [-0.05, 0) is 199 Å². The molecule has 0 heterocycles. The lowest BCUT2D eigenvalue weighted by Gasteiger charge is -2.37. The summed E-state index contributed by atoms with van der Waals surface area (Å²) < 4.78 is 78.5. The molecule has 0 saturated carbocycles. The van der Waals surface area contributed by atoms with Crippen LogP contribution in [-0.4, -0.2) is 0 Å². The first-order chi connectivity index (χ1) is 44.6. The summed E-state index contributed by atoms with van der Waals surface area (Å²) in [5.74, 6) is -0.321. The van der Waals surface area contributed by atoms with Crippen molar-refractivity contribution in [3.63, 3.8) is 0 Å². The minimum absolute atomic E-state index is 0.271. The van der Waals surface area contributed by atoms with Crippen LogP contribution in [0.1, 0.15) is 68.5 Å². The van der Waals surface area contributed by atoms with Crippen LogP contribution < -0.4 is 14.4 Å². The molecule has 12 aromatic carbocycles. The van der Waals surface area contributed by atoms with E-state index in [0.29, 0.717) is 35.0 Å². The van der Waals surface area contributed by atoms with Crippen molar-refractivity contribution in [2.75, 3.05) is 4.90 Å². The maximum atomic E-state index is 17.5. The molecule has 0 aliphatic heterocycles. The van der Waals surface area contributed by atoms with Gasteiger partial charge in [0.1, 0.15) is 46.3 Å². The molecule has 3 aliphatic rings. The van der Waals surface area contributed by atoms with Gasteiger partial charge in [0.05, 0.1) is 10.8 Å². The molecule has 0 fully saturated rings. The minimum atomic E-state index is -1.33. The zero-order chi connectivity index (χ0) is 61.8. The maximum Gasteiger partial charge on any atom is 0.130 e. The van der Waals surface area contributed by atoms with Crippen LogP contribution in [0.15, 0.2) is 304 Å². The van der Waals surface area contributed by atoms with Crippen molar-refractivity contribution >= 4 is 34.8 Å². The SMILES string of the molecule is C=Cc1ccc(Oc2ccc(C3(c4ccc(F)cc4F)C4=C(CCC=C4)c4ccc(N(c5cccc(-c6ccccc6-c6ccccc6)c5)c5ccc6c(c5)C(c5ccc(Oc7ccc(C=C)cc7)cc5)(c5ccc(F)cc5F)c5ccccc5-6)cc43)cc2)cc1. The van der Waals surface area contributed by atoms with E-state index in [1.54, 1.807) is 24.3 Å².